The molecular weight excluding hydrogens is 648 g/mol. The number of benzene rings is 4. The Morgan fingerprint density at radius 3 is 1.89 bits per heavy atom. The van der Waals surface area contributed by atoms with Crippen molar-refractivity contribution in [3.8, 4) is 0 Å². The number of esters is 1. The van der Waals surface area contributed by atoms with Crippen molar-refractivity contribution in [2.45, 2.75) is 33.4 Å². The highest BCUT2D eigenvalue weighted by molar-refractivity contribution is 7.99. The number of likely N-dealkylation sites (N-methyl/N-ethyl adjacent to an activating group) is 1. The van der Waals surface area contributed by atoms with E-state index in [9.17, 15) is 34.2 Å². The molecule has 0 aliphatic carbocycles. The van der Waals surface area contributed by atoms with Crippen molar-refractivity contribution < 1.29 is 28.6 Å². The summed E-state index contributed by atoms with van der Waals surface area (Å²) in [5, 5.41) is 26.2. The smallest absolute Gasteiger partial charge is 0.338 e. The zero-order valence-corrected chi connectivity index (χ0v) is 27.1. The van der Waals surface area contributed by atoms with Crippen LogP contribution >= 0.6 is 23.5 Å². The molecule has 0 bridgehead atoms. The normalized spacial score (nSPS) is 10.9. The average molecular weight is 679 g/mol. The monoisotopic (exact) mass is 678 g/mol. The summed E-state index contributed by atoms with van der Waals surface area (Å²) in [4.78, 5) is 51.9. The van der Waals surface area contributed by atoms with E-state index in [4.69, 9.17) is 4.74 Å². The summed E-state index contributed by atoms with van der Waals surface area (Å²) in [6.45, 7) is 5.46. The van der Waals surface area contributed by atoms with Gasteiger partial charge in [0.2, 0.25) is 0 Å². The number of ether oxygens (including phenoxy) is 1. The van der Waals surface area contributed by atoms with Crippen LogP contribution in [0.1, 0.15) is 33.2 Å². The molecule has 0 unspecified atom stereocenters. The van der Waals surface area contributed by atoms with Crippen LogP contribution in [0.5, 0.6) is 0 Å². The highest BCUT2D eigenvalue weighted by atomic mass is 32.2. The number of carbonyl (C=O) groups is 2. The molecule has 0 atom stereocenters. The fourth-order valence-electron chi connectivity index (χ4n) is 4.33. The van der Waals surface area contributed by atoms with Crippen LogP contribution in [0, 0.1) is 33.0 Å². The quantitative estimate of drug-likeness (QED) is 0.0781. The lowest BCUT2D eigenvalue weighted by Gasteiger charge is -2.20. The van der Waals surface area contributed by atoms with Crippen LogP contribution in [0.4, 0.5) is 15.8 Å². The maximum absolute atomic E-state index is 13.2. The van der Waals surface area contributed by atoms with E-state index in [1.807, 2.05) is 43.0 Å². The number of hydrogen-bond acceptors (Lipinski definition) is 10. The van der Waals surface area contributed by atoms with Gasteiger partial charge in [-0.25, -0.2) is 9.18 Å². The fraction of sp³-hybridized carbons (Fsp3) is 0.212. The molecule has 4 aromatic carbocycles. The van der Waals surface area contributed by atoms with Crippen molar-refractivity contribution in [3.63, 3.8) is 0 Å². The van der Waals surface area contributed by atoms with E-state index in [0.717, 1.165) is 28.3 Å². The van der Waals surface area contributed by atoms with Crippen LogP contribution < -0.4 is 5.32 Å². The topological polar surface area (TPSA) is 145 Å². The second kappa shape index (κ2) is 16.7. The maximum atomic E-state index is 13.2. The molecule has 47 heavy (non-hydrogen) atoms. The highest BCUT2D eigenvalue weighted by Gasteiger charge is 2.21. The van der Waals surface area contributed by atoms with Gasteiger partial charge in [-0.05, 0) is 74.1 Å². The average Bonchev–Trinajstić information content (AvgIpc) is 3.06. The largest absolute Gasteiger partial charge is 0.461 e. The zero-order valence-electron chi connectivity index (χ0n) is 25.5. The van der Waals surface area contributed by atoms with Crippen LogP contribution in [0.25, 0.3) is 0 Å². The minimum absolute atomic E-state index is 0.00675. The third-order valence-electron chi connectivity index (χ3n) is 6.90. The first kappa shape index (κ1) is 35.1. The Balaban J connectivity index is 1.27. The first-order valence-electron chi connectivity index (χ1n) is 14.5. The van der Waals surface area contributed by atoms with Gasteiger partial charge in [-0.1, -0.05) is 48.1 Å². The van der Waals surface area contributed by atoms with Gasteiger partial charge in [0.15, 0.2) is 0 Å². The molecule has 11 nitrogen and oxygen atoms in total. The Bertz CT molecular complexity index is 1630. The van der Waals surface area contributed by atoms with Crippen molar-refractivity contribution in [2.75, 3.05) is 32.8 Å². The molecule has 0 radical (unpaired) electrons. The molecule has 0 heterocycles. The summed E-state index contributed by atoms with van der Waals surface area (Å²) < 4.78 is 18.6. The first-order chi connectivity index (χ1) is 22.5. The number of amides is 1. The van der Waals surface area contributed by atoms with Gasteiger partial charge < -0.3 is 10.1 Å². The molecular formula is C33H31FN4O7S2. The number of aryl methyl sites for hydroxylation is 1. The highest BCUT2D eigenvalue weighted by Crippen LogP contribution is 2.36. The van der Waals surface area contributed by atoms with Crippen molar-refractivity contribution in [3.05, 3.63) is 128 Å². The first-order valence-corrected chi connectivity index (χ1v) is 16.1. The molecule has 0 aliphatic rings. The second-order valence-electron chi connectivity index (χ2n) is 10.2. The lowest BCUT2D eigenvalue weighted by molar-refractivity contribution is -0.387. The number of nitrogens with zero attached hydrogens (tertiary/aromatic N) is 3. The number of halogens is 1. The molecule has 14 heteroatoms. The van der Waals surface area contributed by atoms with Crippen LogP contribution in [0.15, 0.2) is 105 Å². The zero-order chi connectivity index (χ0) is 33.9. The van der Waals surface area contributed by atoms with E-state index in [2.05, 4.69) is 5.32 Å². The Labute approximate surface area is 278 Å². The van der Waals surface area contributed by atoms with Gasteiger partial charge in [-0.2, -0.15) is 0 Å². The van der Waals surface area contributed by atoms with Gasteiger partial charge in [-0.15, -0.1) is 0 Å². The second-order valence-corrected chi connectivity index (χ2v) is 12.4. The minimum Gasteiger partial charge on any atom is -0.461 e. The number of nitro benzene ring substituents is 2. The standard InChI is InChI=1S/C33H31FN4O7S2/c1-3-36(17-16-35-32(39)23-6-14-30(28(20-23)37(41)42)46-26-10-4-22(2)5-11-26)18-19-45-33(40)24-7-15-31(29(21-24)38(43)44)47-27-12-8-25(34)9-13-27/h4-15,20-21H,3,16-19H2,1-2H3,(H,35,39). The SMILES string of the molecule is CCN(CCNC(=O)c1ccc(Sc2ccc(C)cc2)c([N+](=O)[O-])c1)CCOC(=O)c1ccc(Sc2ccc(F)cc2)c([N+](=O)[O-])c1. The van der Waals surface area contributed by atoms with Crippen molar-refractivity contribution >= 4 is 46.8 Å². The number of rotatable bonds is 15. The van der Waals surface area contributed by atoms with Crippen molar-refractivity contribution in [2.24, 2.45) is 0 Å². The van der Waals surface area contributed by atoms with Gasteiger partial charge in [0.1, 0.15) is 12.4 Å². The number of nitrogens with one attached hydrogen (secondary N) is 1. The molecule has 1 amide bonds. The van der Waals surface area contributed by atoms with E-state index in [0.29, 0.717) is 34.3 Å². The van der Waals surface area contributed by atoms with Crippen LogP contribution in [-0.2, 0) is 4.74 Å². The third-order valence-corrected chi connectivity index (χ3v) is 9.05. The molecule has 0 aliphatic heterocycles. The third kappa shape index (κ3) is 10.1. The van der Waals surface area contributed by atoms with Gasteiger partial charge in [0.25, 0.3) is 17.3 Å². The van der Waals surface area contributed by atoms with E-state index in [1.165, 1.54) is 54.2 Å². The summed E-state index contributed by atoms with van der Waals surface area (Å²) in [7, 11) is 0. The number of carbonyl (C=O) groups excluding carboxylic acids is 2. The molecule has 1 N–H and O–H groups in total. The Hall–Kier alpha value is -4.79. The summed E-state index contributed by atoms with van der Waals surface area (Å²) in [6.07, 6.45) is 0. The van der Waals surface area contributed by atoms with Crippen molar-refractivity contribution in [1.29, 1.82) is 0 Å². The molecule has 4 aromatic rings. The molecule has 4 rings (SSSR count). The van der Waals surface area contributed by atoms with Crippen molar-refractivity contribution in [1.82, 2.24) is 10.2 Å². The lowest BCUT2D eigenvalue weighted by Crippen LogP contribution is -2.36. The van der Waals surface area contributed by atoms with Gasteiger partial charge in [0, 0.05) is 47.1 Å². The lowest BCUT2D eigenvalue weighted by atomic mass is 10.2. The summed E-state index contributed by atoms with van der Waals surface area (Å²) >= 11 is 2.33. The molecule has 0 aromatic heterocycles. The van der Waals surface area contributed by atoms with E-state index in [-0.39, 0.29) is 35.7 Å². The van der Waals surface area contributed by atoms with Crippen LogP contribution in [0.3, 0.4) is 0 Å². The molecule has 0 fully saturated rings. The predicted octanol–water partition coefficient (Wildman–Crippen LogP) is 7.16. The van der Waals surface area contributed by atoms with Gasteiger partial charge in [-0.3, -0.25) is 29.9 Å². The molecule has 0 saturated carbocycles. The van der Waals surface area contributed by atoms with Gasteiger partial charge >= 0.3 is 5.97 Å². The predicted molar refractivity (Wildman–Crippen MR) is 177 cm³/mol. The maximum Gasteiger partial charge on any atom is 0.338 e. The minimum atomic E-state index is -0.721. The molecule has 0 spiro atoms. The Morgan fingerprint density at radius 2 is 1.34 bits per heavy atom. The molecule has 244 valence electrons. The number of nitro groups is 2. The van der Waals surface area contributed by atoms with Crippen LogP contribution in [-0.4, -0.2) is 59.4 Å². The summed E-state index contributed by atoms with van der Waals surface area (Å²) in [5.74, 6) is -1.59. The summed E-state index contributed by atoms with van der Waals surface area (Å²) in [5.41, 5.74) is 0.830. The van der Waals surface area contributed by atoms with Gasteiger partial charge in [0.05, 0.1) is 25.2 Å². The fourth-order valence-corrected chi connectivity index (χ4v) is 6.13. The molecule has 0 saturated heterocycles. The van der Waals surface area contributed by atoms with E-state index < -0.39 is 27.5 Å². The Morgan fingerprint density at radius 1 is 0.809 bits per heavy atom. The van der Waals surface area contributed by atoms with E-state index >= 15 is 0 Å². The summed E-state index contributed by atoms with van der Waals surface area (Å²) in [6, 6.07) is 21.6. The van der Waals surface area contributed by atoms with Crippen LogP contribution in [0.2, 0.25) is 0 Å². The van der Waals surface area contributed by atoms with E-state index in [1.54, 1.807) is 12.1 Å². The Kier molecular flexibility index (Phi) is 12.4. The number of hydrogen-bond donors (Lipinski definition) is 1.